The number of alkyl carbamates (subject to hydrolysis) is 1. The molecule has 0 spiro atoms. The number of carbonyl (C=O) groups excluding carboxylic acids is 2. The Morgan fingerprint density at radius 1 is 0.511 bits per heavy atom. The first-order chi connectivity index (χ1) is 22.2. The normalized spacial score (nSPS) is 11.0. The first-order valence-corrected chi connectivity index (χ1v) is 15.5. The molecule has 0 saturated heterocycles. The van der Waals surface area contributed by atoms with Crippen LogP contribution in [0.2, 0.25) is 0 Å². The molecule has 1 aromatic carbocycles. The molecular formula is C31H53NO13. The van der Waals surface area contributed by atoms with Crippen LogP contribution in [0.3, 0.4) is 0 Å². The van der Waals surface area contributed by atoms with Crippen LogP contribution >= 0.6 is 0 Å². The molecule has 0 fully saturated rings. The SMILES string of the molecule is CCOC(=O)CCOCCOCCOCCOCCOCCOCCOCCOCCOCCNC(=O)OCc1ccccc1. The number of hydrogen-bond acceptors (Lipinski definition) is 13. The fourth-order valence-electron chi connectivity index (χ4n) is 3.25. The smallest absolute Gasteiger partial charge is 0.407 e. The summed E-state index contributed by atoms with van der Waals surface area (Å²) in [6.07, 6.45) is -0.220. The lowest BCUT2D eigenvalue weighted by Gasteiger charge is -2.09. The highest BCUT2D eigenvalue weighted by Crippen LogP contribution is 2.00. The van der Waals surface area contributed by atoms with Gasteiger partial charge in [0.1, 0.15) is 6.61 Å². The number of ether oxygens (including phenoxy) is 11. The van der Waals surface area contributed by atoms with Crippen LogP contribution < -0.4 is 5.32 Å². The van der Waals surface area contributed by atoms with Crippen LogP contribution in [-0.2, 0) is 63.5 Å². The number of amides is 1. The summed E-state index contributed by atoms with van der Waals surface area (Å²) in [5.74, 6) is -0.255. The van der Waals surface area contributed by atoms with E-state index in [2.05, 4.69) is 5.32 Å². The zero-order valence-electron chi connectivity index (χ0n) is 26.8. The molecular weight excluding hydrogens is 594 g/mol. The van der Waals surface area contributed by atoms with Crippen molar-refractivity contribution in [3.8, 4) is 0 Å². The summed E-state index contributed by atoms with van der Waals surface area (Å²) in [4.78, 5) is 22.8. The third kappa shape index (κ3) is 30.0. The molecule has 0 aliphatic rings. The van der Waals surface area contributed by atoms with Crippen molar-refractivity contribution in [2.24, 2.45) is 0 Å². The van der Waals surface area contributed by atoms with Crippen molar-refractivity contribution in [1.29, 1.82) is 0 Å². The highest BCUT2D eigenvalue weighted by molar-refractivity contribution is 5.69. The zero-order valence-corrected chi connectivity index (χ0v) is 26.8. The molecule has 0 saturated carbocycles. The fourth-order valence-corrected chi connectivity index (χ4v) is 3.25. The van der Waals surface area contributed by atoms with Crippen molar-refractivity contribution >= 4 is 12.1 Å². The summed E-state index contributed by atoms with van der Waals surface area (Å²) < 4.78 is 58.7. The Morgan fingerprint density at radius 2 is 0.889 bits per heavy atom. The number of benzene rings is 1. The minimum absolute atomic E-state index is 0.235. The molecule has 0 unspecified atom stereocenters. The number of nitrogens with one attached hydrogen (secondary N) is 1. The van der Waals surface area contributed by atoms with Crippen LogP contribution in [0.15, 0.2) is 30.3 Å². The van der Waals surface area contributed by atoms with Gasteiger partial charge in [0.05, 0.1) is 132 Å². The predicted molar refractivity (Wildman–Crippen MR) is 163 cm³/mol. The molecule has 0 radical (unpaired) electrons. The summed E-state index contributed by atoms with van der Waals surface area (Å²) in [5, 5.41) is 2.64. The lowest BCUT2D eigenvalue weighted by atomic mass is 10.2. The minimum Gasteiger partial charge on any atom is -0.466 e. The molecule has 14 heteroatoms. The Hall–Kier alpha value is -2.40. The van der Waals surface area contributed by atoms with Crippen molar-refractivity contribution in [3.05, 3.63) is 35.9 Å². The second kappa shape index (κ2) is 33.0. The molecule has 0 atom stereocenters. The highest BCUT2D eigenvalue weighted by Gasteiger charge is 2.02. The first-order valence-electron chi connectivity index (χ1n) is 15.5. The van der Waals surface area contributed by atoms with Gasteiger partial charge in [0.25, 0.3) is 0 Å². The van der Waals surface area contributed by atoms with Crippen LogP contribution in [0.4, 0.5) is 4.79 Å². The van der Waals surface area contributed by atoms with Crippen molar-refractivity contribution < 1.29 is 61.7 Å². The maximum atomic E-state index is 11.6. The standard InChI is InChI=1S/C31H53NO13/c1-2-44-30(33)8-10-35-12-14-37-16-18-39-20-22-41-24-26-43-27-25-42-23-21-40-19-17-38-15-13-36-11-9-32-31(34)45-28-29-6-4-3-5-7-29/h3-7H,2,8-28H2,1H3,(H,32,34). The van der Waals surface area contributed by atoms with E-state index in [1.165, 1.54) is 0 Å². The van der Waals surface area contributed by atoms with E-state index >= 15 is 0 Å². The van der Waals surface area contributed by atoms with E-state index in [1.54, 1.807) is 6.92 Å². The van der Waals surface area contributed by atoms with Crippen LogP contribution in [0.25, 0.3) is 0 Å². The molecule has 0 aliphatic heterocycles. The van der Waals surface area contributed by atoms with Crippen LogP contribution in [0.5, 0.6) is 0 Å². The van der Waals surface area contributed by atoms with Gasteiger partial charge >= 0.3 is 12.1 Å². The number of carbonyl (C=O) groups is 2. The summed E-state index contributed by atoms with van der Waals surface area (Å²) in [7, 11) is 0. The first kappa shape index (κ1) is 40.6. The Kier molecular flexibility index (Phi) is 29.8. The molecule has 45 heavy (non-hydrogen) atoms. The Bertz CT molecular complexity index is 788. The third-order valence-electron chi connectivity index (χ3n) is 5.46. The Labute approximate surface area is 267 Å². The maximum Gasteiger partial charge on any atom is 0.407 e. The predicted octanol–water partition coefficient (Wildman–Crippen LogP) is 2.02. The van der Waals surface area contributed by atoms with Crippen molar-refractivity contribution in [2.45, 2.75) is 20.0 Å². The van der Waals surface area contributed by atoms with E-state index in [0.29, 0.717) is 132 Å². The van der Waals surface area contributed by atoms with Crippen molar-refractivity contribution in [3.63, 3.8) is 0 Å². The van der Waals surface area contributed by atoms with Gasteiger partial charge < -0.3 is 57.4 Å². The fraction of sp³-hybridized carbons (Fsp3) is 0.742. The van der Waals surface area contributed by atoms with Crippen LogP contribution in [0, 0.1) is 0 Å². The Balaban J connectivity index is 1.65. The summed E-state index contributed by atoms with van der Waals surface area (Å²) in [6.45, 7) is 10.9. The molecule has 0 aliphatic carbocycles. The zero-order chi connectivity index (χ0) is 32.3. The number of hydrogen-bond donors (Lipinski definition) is 1. The van der Waals surface area contributed by atoms with E-state index in [0.717, 1.165) is 5.56 Å². The lowest BCUT2D eigenvalue weighted by molar-refractivity contribution is -0.144. The second-order valence-electron chi connectivity index (χ2n) is 9.05. The lowest BCUT2D eigenvalue weighted by Crippen LogP contribution is -2.28. The topological polar surface area (TPSA) is 148 Å². The van der Waals surface area contributed by atoms with E-state index in [4.69, 9.17) is 52.1 Å². The molecule has 0 aromatic heterocycles. The molecule has 1 rings (SSSR count). The Morgan fingerprint density at radius 3 is 1.29 bits per heavy atom. The third-order valence-corrected chi connectivity index (χ3v) is 5.46. The van der Waals surface area contributed by atoms with E-state index in [-0.39, 0.29) is 19.0 Å². The van der Waals surface area contributed by atoms with Gasteiger partial charge in [-0.2, -0.15) is 0 Å². The average molecular weight is 648 g/mol. The van der Waals surface area contributed by atoms with Gasteiger partial charge in [-0.15, -0.1) is 0 Å². The molecule has 14 nitrogen and oxygen atoms in total. The maximum absolute atomic E-state index is 11.6. The molecule has 0 bridgehead atoms. The number of esters is 1. The van der Waals surface area contributed by atoms with Crippen LogP contribution in [-0.4, -0.2) is 144 Å². The minimum atomic E-state index is -0.472. The highest BCUT2D eigenvalue weighted by atomic mass is 16.6. The van der Waals surface area contributed by atoms with Gasteiger partial charge in [-0.1, -0.05) is 30.3 Å². The van der Waals surface area contributed by atoms with Gasteiger partial charge in [0.2, 0.25) is 0 Å². The van der Waals surface area contributed by atoms with Gasteiger partial charge in [0, 0.05) is 6.54 Å². The molecule has 1 amide bonds. The number of rotatable bonds is 33. The summed E-state index contributed by atoms with van der Waals surface area (Å²) in [6, 6.07) is 9.49. The quantitative estimate of drug-likeness (QED) is 0.0877. The van der Waals surface area contributed by atoms with Crippen molar-refractivity contribution in [2.75, 3.05) is 132 Å². The summed E-state index contributed by atoms with van der Waals surface area (Å²) in [5.41, 5.74) is 0.935. The monoisotopic (exact) mass is 647 g/mol. The van der Waals surface area contributed by atoms with E-state index < -0.39 is 6.09 Å². The van der Waals surface area contributed by atoms with Gasteiger partial charge in [-0.3, -0.25) is 4.79 Å². The van der Waals surface area contributed by atoms with E-state index in [9.17, 15) is 9.59 Å². The van der Waals surface area contributed by atoms with Gasteiger partial charge in [-0.25, -0.2) is 4.79 Å². The second-order valence-corrected chi connectivity index (χ2v) is 9.05. The molecule has 260 valence electrons. The average Bonchev–Trinajstić information content (AvgIpc) is 3.05. The van der Waals surface area contributed by atoms with Gasteiger partial charge in [-0.05, 0) is 12.5 Å². The largest absolute Gasteiger partial charge is 0.466 e. The molecule has 1 N–H and O–H groups in total. The summed E-state index contributed by atoms with van der Waals surface area (Å²) >= 11 is 0. The molecule has 0 heterocycles. The van der Waals surface area contributed by atoms with Gasteiger partial charge in [0.15, 0.2) is 0 Å². The van der Waals surface area contributed by atoms with Crippen molar-refractivity contribution in [1.82, 2.24) is 5.32 Å². The van der Waals surface area contributed by atoms with Crippen LogP contribution in [0.1, 0.15) is 18.9 Å². The van der Waals surface area contributed by atoms with E-state index in [1.807, 2.05) is 30.3 Å². The molecule has 1 aromatic rings.